The number of aryl methyl sites for hydroxylation is 2. The SMILES string of the molecule is Cc1ccc(N2CCCC2)c(C(=O)N[C@@H]2CCc3nccn3C2)c1. The lowest BCUT2D eigenvalue weighted by molar-refractivity contribution is 0.0928. The molecule has 5 heteroatoms. The number of hydrogen-bond donors (Lipinski definition) is 1. The Hall–Kier alpha value is -2.30. The molecule has 24 heavy (non-hydrogen) atoms. The molecule has 0 radical (unpaired) electrons. The quantitative estimate of drug-likeness (QED) is 0.944. The number of anilines is 1. The molecule has 0 aliphatic carbocycles. The van der Waals surface area contributed by atoms with Crippen molar-refractivity contribution in [2.75, 3.05) is 18.0 Å². The van der Waals surface area contributed by atoms with Gasteiger partial charge in [-0.15, -0.1) is 0 Å². The highest BCUT2D eigenvalue weighted by Gasteiger charge is 2.24. The number of nitrogens with one attached hydrogen (secondary N) is 1. The monoisotopic (exact) mass is 324 g/mol. The summed E-state index contributed by atoms with van der Waals surface area (Å²) in [7, 11) is 0. The van der Waals surface area contributed by atoms with Gasteiger partial charge in [0.25, 0.3) is 5.91 Å². The Morgan fingerprint density at radius 3 is 2.96 bits per heavy atom. The number of carbonyl (C=O) groups excluding carboxylic acids is 1. The van der Waals surface area contributed by atoms with Crippen molar-refractivity contribution in [2.24, 2.45) is 0 Å². The minimum atomic E-state index is 0.0502. The van der Waals surface area contributed by atoms with Crippen LogP contribution in [-0.4, -0.2) is 34.6 Å². The molecule has 2 aliphatic rings. The standard InChI is InChI=1S/C19H24N4O/c1-14-4-6-17(22-9-2-3-10-22)16(12-14)19(24)21-15-5-7-18-20-8-11-23(18)13-15/h4,6,8,11-12,15H,2-3,5,7,9-10,13H2,1H3,(H,21,24)/t15-/m1/s1. The Kier molecular flexibility index (Phi) is 4.00. The molecule has 1 amide bonds. The van der Waals surface area contributed by atoms with Crippen LogP contribution in [-0.2, 0) is 13.0 Å². The molecule has 1 fully saturated rings. The summed E-state index contributed by atoms with van der Waals surface area (Å²) in [5.41, 5.74) is 3.02. The predicted molar refractivity (Wildman–Crippen MR) is 94.4 cm³/mol. The van der Waals surface area contributed by atoms with E-state index < -0.39 is 0 Å². The molecule has 0 bridgehead atoms. The zero-order valence-corrected chi connectivity index (χ0v) is 14.2. The molecular weight excluding hydrogens is 300 g/mol. The Balaban J connectivity index is 1.53. The van der Waals surface area contributed by atoms with Gasteiger partial charge in [0.05, 0.1) is 5.56 Å². The Labute approximate surface area is 142 Å². The summed E-state index contributed by atoms with van der Waals surface area (Å²) in [6.45, 7) is 4.95. The molecule has 1 N–H and O–H groups in total. The molecule has 3 heterocycles. The third-order valence-corrected chi connectivity index (χ3v) is 5.11. The fourth-order valence-corrected chi connectivity index (χ4v) is 3.81. The maximum absolute atomic E-state index is 12.9. The van der Waals surface area contributed by atoms with Crippen molar-refractivity contribution in [3.63, 3.8) is 0 Å². The number of amides is 1. The summed E-state index contributed by atoms with van der Waals surface area (Å²) >= 11 is 0. The van der Waals surface area contributed by atoms with Crippen LogP contribution in [0.3, 0.4) is 0 Å². The van der Waals surface area contributed by atoms with E-state index in [2.05, 4.69) is 31.9 Å². The molecule has 5 nitrogen and oxygen atoms in total. The highest BCUT2D eigenvalue weighted by molar-refractivity contribution is 6.00. The second-order valence-corrected chi connectivity index (χ2v) is 6.92. The lowest BCUT2D eigenvalue weighted by Gasteiger charge is -2.26. The molecule has 0 unspecified atom stereocenters. The van der Waals surface area contributed by atoms with Gasteiger partial charge in [0, 0.05) is 50.2 Å². The third kappa shape index (κ3) is 2.90. The Morgan fingerprint density at radius 2 is 2.12 bits per heavy atom. The summed E-state index contributed by atoms with van der Waals surface area (Å²) in [5.74, 6) is 1.17. The van der Waals surface area contributed by atoms with Crippen molar-refractivity contribution < 1.29 is 4.79 Å². The van der Waals surface area contributed by atoms with Crippen LogP contribution < -0.4 is 10.2 Å². The molecule has 2 aliphatic heterocycles. The second kappa shape index (κ2) is 6.30. The first-order valence-corrected chi connectivity index (χ1v) is 8.87. The van der Waals surface area contributed by atoms with Crippen molar-refractivity contribution in [3.8, 4) is 0 Å². The summed E-state index contributed by atoms with van der Waals surface area (Å²) in [6.07, 6.45) is 8.13. The number of imidazole rings is 1. The number of benzene rings is 1. The van der Waals surface area contributed by atoms with E-state index in [1.54, 1.807) is 0 Å². The van der Waals surface area contributed by atoms with Gasteiger partial charge in [0.1, 0.15) is 5.82 Å². The van der Waals surface area contributed by atoms with Gasteiger partial charge in [-0.25, -0.2) is 4.98 Å². The summed E-state index contributed by atoms with van der Waals surface area (Å²) < 4.78 is 2.14. The van der Waals surface area contributed by atoms with Gasteiger partial charge in [-0.3, -0.25) is 4.79 Å². The van der Waals surface area contributed by atoms with Gasteiger partial charge in [-0.05, 0) is 38.3 Å². The molecule has 2 aromatic rings. The molecule has 126 valence electrons. The summed E-state index contributed by atoms with van der Waals surface area (Å²) in [6, 6.07) is 6.40. The average molecular weight is 324 g/mol. The molecular formula is C19H24N4O. The third-order valence-electron chi connectivity index (χ3n) is 5.11. The topological polar surface area (TPSA) is 50.2 Å². The van der Waals surface area contributed by atoms with Crippen LogP contribution in [0.2, 0.25) is 0 Å². The van der Waals surface area contributed by atoms with Gasteiger partial charge in [-0.2, -0.15) is 0 Å². The van der Waals surface area contributed by atoms with E-state index >= 15 is 0 Å². The maximum Gasteiger partial charge on any atom is 0.253 e. The zero-order valence-electron chi connectivity index (χ0n) is 14.2. The molecule has 1 saturated heterocycles. The first-order chi connectivity index (χ1) is 11.7. The molecule has 0 saturated carbocycles. The molecule has 0 spiro atoms. The minimum Gasteiger partial charge on any atom is -0.371 e. The highest BCUT2D eigenvalue weighted by Crippen LogP contribution is 2.26. The first kappa shape index (κ1) is 15.2. The van der Waals surface area contributed by atoms with E-state index in [1.165, 1.54) is 12.8 Å². The van der Waals surface area contributed by atoms with Crippen LogP contribution in [0.1, 0.15) is 41.0 Å². The van der Waals surface area contributed by atoms with E-state index in [0.717, 1.165) is 55.1 Å². The Morgan fingerprint density at radius 1 is 1.29 bits per heavy atom. The summed E-state index contributed by atoms with van der Waals surface area (Å²) in [5, 5.41) is 3.24. The fraction of sp³-hybridized carbons (Fsp3) is 0.474. The lowest BCUT2D eigenvalue weighted by Crippen LogP contribution is -2.41. The smallest absolute Gasteiger partial charge is 0.253 e. The van der Waals surface area contributed by atoms with Gasteiger partial charge < -0.3 is 14.8 Å². The van der Waals surface area contributed by atoms with E-state index in [-0.39, 0.29) is 11.9 Å². The minimum absolute atomic E-state index is 0.0502. The lowest BCUT2D eigenvalue weighted by atomic mass is 10.0. The van der Waals surface area contributed by atoms with Crippen molar-refractivity contribution in [2.45, 2.75) is 45.2 Å². The van der Waals surface area contributed by atoms with Crippen molar-refractivity contribution >= 4 is 11.6 Å². The Bertz CT molecular complexity index is 746. The average Bonchev–Trinajstić information content (AvgIpc) is 3.25. The van der Waals surface area contributed by atoms with Gasteiger partial charge in [0.15, 0.2) is 0 Å². The van der Waals surface area contributed by atoms with Gasteiger partial charge in [0.2, 0.25) is 0 Å². The van der Waals surface area contributed by atoms with Crippen molar-refractivity contribution in [1.29, 1.82) is 0 Å². The van der Waals surface area contributed by atoms with Gasteiger partial charge in [-0.1, -0.05) is 11.6 Å². The van der Waals surface area contributed by atoms with Crippen molar-refractivity contribution in [3.05, 3.63) is 47.5 Å². The zero-order chi connectivity index (χ0) is 16.5. The van der Waals surface area contributed by atoms with Crippen LogP contribution in [0.4, 0.5) is 5.69 Å². The van der Waals surface area contributed by atoms with E-state index in [4.69, 9.17) is 0 Å². The number of hydrogen-bond acceptors (Lipinski definition) is 3. The molecule has 1 aromatic carbocycles. The van der Waals surface area contributed by atoms with E-state index in [9.17, 15) is 4.79 Å². The van der Waals surface area contributed by atoms with E-state index in [1.807, 2.05) is 25.4 Å². The van der Waals surface area contributed by atoms with Crippen LogP contribution in [0.15, 0.2) is 30.6 Å². The first-order valence-electron chi connectivity index (χ1n) is 8.87. The molecule has 1 aromatic heterocycles. The van der Waals surface area contributed by atoms with Crippen LogP contribution in [0.5, 0.6) is 0 Å². The highest BCUT2D eigenvalue weighted by atomic mass is 16.1. The van der Waals surface area contributed by atoms with Gasteiger partial charge >= 0.3 is 0 Å². The molecule has 4 rings (SSSR count). The number of fused-ring (bicyclic) bond motifs is 1. The largest absolute Gasteiger partial charge is 0.371 e. The van der Waals surface area contributed by atoms with Crippen LogP contribution in [0, 0.1) is 6.92 Å². The number of carbonyl (C=O) groups is 1. The summed E-state index contributed by atoms with van der Waals surface area (Å²) in [4.78, 5) is 19.6. The van der Waals surface area contributed by atoms with Crippen LogP contribution >= 0.6 is 0 Å². The fourth-order valence-electron chi connectivity index (χ4n) is 3.81. The maximum atomic E-state index is 12.9. The second-order valence-electron chi connectivity index (χ2n) is 6.92. The number of rotatable bonds is 3. The number of nitrogens with zero attached hydrogens (tertiary/aromatic N) is 3. The van der Waals surface area contributed by atoms with Crippen molar-refractivity contribution in [1.82, 2.24) is 14.9 Å². The number of aromatic nitrogens is 2. The molecule has 1 atom stereocenters. The normalized spacial score (nSPS) is 20.0. The predicted octanol–water partition coefficient (Wildman–Crippen LogP) is 2.54. The van der Waals surface area contributed by atoms with Crippen LogP contribution in [0.25, 0.3) is 0 Å². The van der Waals surface area contributed by atoms with E-state index in [0.29, 0.717) is 0 Å².